The van der Waals surface area contributed by atoms with Crippen LogP contribution in [0.4, 0.5) is 0 Å². The van der Waals surface area contributed by atoms with E-state index in [0.717, 1.165) is 28.5 Å². The number of aromatic nitrogens is 2. The first-order chi connectivity index (χ1) is 9.62. The van der Waals surface area contributed by atoms with Crippen LogP contribution in [-0.2, 0) is 6.42 Å². The van der Waals surface area contributed by atoms with Crippen LogP contribution in [0.5, 0.6) is 11.5 Å². The Morgan fingerprint density at radius 2 is 1.85 bits per heavy atom. The van der Waals surface area contributed by atoms with Crippen LogP contribution in [0.2, 0.25) is 0 Å². The molecule has 1 aromatic carbocycles. The second kappa shape index (κ2) is 5.94. The van der Waals surface area contributed by atoms with Crippen molar-refractivity contribution in [1.29, 1.82) is 0 Å². The first-order valence-electron chi connectivity index (χ1n) is 6.77. The van der Waals surface area contributed by atoms with Crippen molar-refractivity contribution in [1.82, 2.24) is 4.98 Å². The summed E-state index contributed by atoms with van der Waals surface area (Å²) in [6, 6.07) is 3.62. The first kappa shape index (κ1) is 14.4. The monoisotopic (exact) mass is 276 g/mol. The molecule has 1 heterocycles. The SMILES string of the molecule is CCCCc1nc2cc(OC)c(OC)cc2c(C)[n+]1[O-]. The molecule has 0 N–H and O–H groups in total. The molecule has 0 amide bonds. The van der Waals surface area contributed by atoms with E-state index in [2.05, 4.69) is 11.9 Å². The highest BCUT2D eigenvalue weighted by Gasteiger charge is 2.18. The number of aryl methyl sites for hydroxylation is 2. The maximum Gasteiger partial charge on any atom is 0.302 e. The highest BCUT2D eigenvalue weighted by Crippen LogP contribution is 2.32. The van der Waals surface area contributed by atoms with Gasteiger partial charge in [0.1, 0.15) is 5.69 Å². The zero-order valence-corrected chi connectivity index (χ0v) is 12.4. The number of unbranched alkanes of at least 4 members (excludes halogenated alkanes) is 1. The van der Waals surface area contributed by atoms with Crippen LogP contribution in [0.1, 0.15) is 31.3 Å². The molecule has 5 nitrogen and oxygen atoms in total. The number of nitrogens with zero attached hydrogens (tertiary/aromatic N) is 2. The Bertz CT molecular complexity index is 626. The zero-order chi connectivity index (χ0) is 14.7. The minimum atomic E-state index is 0.559. The van der Waals surface area contributed by atoms with Crippen molar-refractivity contribution in [2.45, 2.75) is 33.1 Å². The van der Waals surface area contributed by atoms with Crippen LogP contribution in [0, 0.1) is 12.1 Å². The van der Waals surface area contributed by atoms with E-state index in [1.54, 1.807) is 27.2 Å². The van der Waals surface area contributed by atoms with Gasteiger partial charge in [0.05, 0.1) is 26.0 Å². The van der Waals surface area contributed by atoms with Gasteiger partial charge in [0.15, 0.2) is 17.0 Å². The third-order valence-corrected chi connectivity index (χ3v) is 3.43. The predicted molar refractivity (Wildman–Crippen MR) is 77.2 cm³/mol. The Morgan fingerprint density at radius 1 is 1.20 bits per heavy atom. The van der Waals surface area contributed by atoms with Crippen LogP contribution in [0.25, 0.3) is 10.9 Å². The van der Waals surface area contributed by atoms with Gasteiger partial charge in [0.2, 0.25) is 0 Å². The second-order valence-corrected chi connectivity index (χ2v) is 4.74. The number of hydrogen-bond acceptors (Lipinski definition) is 4. The fourth-order valence-electron chi connectivity index (χ4n) is 2.23. The summed E-state index contributed by atoms with van der Waals surface area (Å²) in [4.78, 5) is 4.47. The van der Waals surface area contributed by atoms with Gasteiger partial charge in [-0.3, -0.25) is 0 Å². The van der Waals surface area contributed by atoms with Crippen LogP contribution >= 0.6 is 0 Å². The molecule has 0 fully saturated rings. The topological polar surface area (TPSA) is 58.3 Å². The molecular formula is C15H20N2O3. The molecule has 108 valence electrons. The molecule has 0 aliphatic carbocycles. The van der Waals surface area contributed by atoms with Crippen LogP contribution in [0.15, 0.2) is 12.1 Å². The molecule has 0 spiro atoms. The average molecular weight is 276 g/mol. The molecular weight excluding hydrogens is 256 g/mol. The highest BCUT2D eigenvalue weighted by atomic mass is 16.5. The molecule has 20 heavy (non-hydrogen) atoms. The molecule has 2 aromatic rings. The van der Waals surface area contributed by atoms with Crippen molar-refractivity contribution in [2.24, 2.45) is 0 Å². The predicted octanol–water partition coefficient (Wildman–Crippen LogP) is 2.54. The summed E-state index contributed by atoms with van der Waals surface area (Å²) in [5.41, 5.74) is 1.40. The molecule has 1 aromatic heterocycles. The van der Waals surface area contributed by atoms with Crippen LogP contribution in [-0.4, -0.2) is 19.2 Å². The van der Waals surface area contributed by atoms with Gasteiger partial charge in [-0.25, -0.2) is 4.73 Å². The van der Waals surface area contributed by atoms with Gasteiger partial charge in [-0.2, -0.15) is 0 Å². The number of benzene rings is 1. The summed E-state index contributed by atoms with van der Waals surface area (Å²) in [5.74, 6) is 1.78. The fraction of sp³-hybridized carbons (Fsp3) is 0.467. The lowest BCUT2D eigenvalue weighted by Crippen LogP contribution is -2.37. The maximum atomic E-state index is 12.2. The summed E-state index contributed by atoms with van der Waals surface area (Å²) in [6.07, 6.45) is 2.67. The minimum absolute atomic E-state index is 0.559. The molecule has 5 heteroatoms. The van der Waals surface area contributed by atoms with E-state index in [-0.39, 0.29) is 0 Å². The molecule has 0 radical (unpaired) electrons. The Balaban J connectivity index is 2.63. The molecule has 0 aliphatic heterocycles. The van der Waals surface area contributed by atoms with Gasteiger partial charge >= 0.3 is 5.82 Å². The van der Waals surface area contributed by atoms with Gasteiger partial charge in [-0.05, 0) is 24.4 Å². The van der Waals surface area contributed by atoms with Crippen molar-refractivity contribution in [3.8, 4) is 11.5 Å². The summed E-state index contributed by atoms with van der Waals surface area (Å²) < 4.78 is 11.5. The van der Waals surface area contributed by atoms with E-state index in [9.17, 15) is 5.21 Å². The largest absolute Gasteiger partial charge is 0.711 e. The Hall–Kier alpha value is -2.04. The summed E-state index contributed by atoms with van der Waals surface area (Å²) in [5, 5.41) is 13.0. The standard InChI is InChI=1S/C15H20N2O3/c1-5-6-7-15-16-12-9-14(20-4)13(19-3)8-11(12)10(2)17(15)18/h8-9H,5-7H2,1-4H3. The Kier molecular flexibility index (Phi) is 4.27. The van der Waals surface area contributed by atoms with Gasteiger partial charge in [0, 0.05) is 6.07 Å². The normalized spacial score (nSPS) is 10.8. The summed E-state index contributed by atoms with van der Waals surface area (Å²) in [6.45, 7) is 3.90. The van der Waals surface area contributed by atoms with Gasteiger partial charge in [0.25, 0.3) is 0 Å². The second-order valence-electron chi connectivity index (χ2n) is 4.74. The number of hydrogen-bond donors (Lipinski definition) is 0. The van der Waals surface area contributed by atoms with Gasteiger partial charge in [-0.1, -0.05) is 13.3 Å². The lowest BCUT2D eigenvalue weighted by Gasteiger charge is -2.13. The van der Waals surface area contributed by atoms with Crippen molar-refractivity contribution >= 4 is 10.9 Å². The van der Waals surface area contributed by atoms with Crippen LogP contribution < -0.4 is 14.2 Å². The Morgan fingerprint density at radius 3 is 2.45 bits per heavy atom. The first-order valence-corrected chi connectivity index (χ1v) is 6.77. The number of rotatable bonds is 5. The van der Waals surface area contributed by atoms with E-state index in [4.69, 9.17) is 9.47 Å². The summed E-state index contributed by atoms with van der Waals surface area (Å²) in [7, 11) is 3.17. The van der Waals surface area contributed by atoms with E-state index in [1.165, 1.54) is 0 Å². The lowest BCUT2D eigenvalue weighted by molar-refractivity contribution is -0.622. The quantitative estimate of drug-likeness (QED) is 0.622. The maximum absolute atomic E-state index is 12.2. The van der Waals surface area contributed by atoms with E-state index in [0.29, 0.717) is 29.4 Å². The highest BCUT2D eigenvalue weighted by molar-refractivity contribution is 5.83. The third-order valence-electron chi connectivity index (χ3n) is 3.43. The third kappa shape index (κ3) is 2.48. The molecule has 0 saturated heterocycles. The molecule has 0 bridgehead atoms. The van der Waals surface area contributed by atoms with Gasteiger partial charge in [-0.15, -0.1) is 0 Å². The van der Waals surface area contributed by atoms with Crippen molar-refractivity contribution in [3.63, 3.8) is 0 Å². The van der Waals surface area contributed by atoms with Crippen molar-refractivity contribution in [2.75, 3.05) is 14.2 Å². The fourth-order valence-corrected chi connectivity index (χ4v) is 2.23. The van der Waals surface area contributed by atoms with Crippen molar-refractivity contribution in [3.05, 3.63) is 28.9 Å². The number of ether oxygens (including phenoxy) is 2. The molecule has 0 aliphatic rings. The molecule has 2 rings (SSSR count). The zero-order valence-electron chi connectivity index (χ0n) is 12.4. The van der Waals surface area contributed by atoms with Gasteiger partial charge < -0.3 is 14.7 Å². The average Bonchev–Trinajstić information content (AvgIpc) is 2.48. The lowest BCUT2D eigenvalue weighted by atomic mass is 10.1. The number of fused-ring (bicyclic) bond motifs is 1. The van der Waals surface area contributed by atoms with E-state index in [1.807, 2.05) is 6.07 Å². The molecule has 0 saturated carbocycles. The van der Waals surface area contributed by atoms with E-state index < -0.39 is 0 Å². The summed E-state index contributed by atoms with van der Waals surface area (Å²) >= 11 is 0. The minimum Gasteiger partial charge on any atom is -0.711 e. The van der Waals surface area contributed by atoms with E-state index >= 15 is 0 Å². The Labute approximate surface area is 118 Å². The molecule has 0 atom stereocenters. The number of methoxy groups -OCH3 is 2. The van der Waals surface area contributed by atoms with Crippen molar-refractivity contribution < 1.29 is 14.2 Å². The van der Waals surface area contributed by atoms with Crippen LogP contribution in [0.3, 0.4) is 0 Å². The smallest absolute Gasteiger partial charge is 0.302 e. The molecule has 0 unspecified atom stereocenters.